The van der Waals surface area contributed by atoms with Crippen LogP contribution in [0.3, 0.4) is 0 Å². The Morgan fingerprint density at radius 3 is 2.03 bits per heavy atom. The maximum absolute atomic E-state index is 12.9. The zero-order valence-corrected chi connectivity index (χ0v) is 20.0. The van der Waals surface area contributed by atoms with Crippen molar-refractivity contribution in [1.82, 2.24) is 16.0 Å². The minimum absolute atomic E-state index is 0.272. The SMILES string of the molecule is CCC(C)C(NC(=O)C(CCSC)NC(=O)C(CCCCN)NC(=O)C(N)CO)C(=O)O. The number of aliphatic carboxylic acids is 1. The van der Waals surface area contributed by atoms with Crippen LogP contribution in [0.25, 0.3) is 0 Å². The van der Waals surface area contributed by atoms with Crippen LogP contribution in [0.4, 0.5) is 0 Å². The molecule has 0 aliphatic carbocycles. The van der Waals surface area contributed by atoms with E-state index >= 15 is 0 Å². The summed E-state index contributed by atoms with van der Waals surface area (Å²) >= 11 is 1.48. The van der Waals surface area contributed by atoms with E-state index in [0.717, 1.165) is 0 Å². The van der Waals surface area contributed by atoms with Crippen LogP contribution in [-0.2, 0) is 19.2 Å². The van der Waals surface area contributed by atoms with Gasteiger partial charge in [-0.2, -0.15) is 11.8 Å². The Bertz CT molecular complexity index is 609. The Labute approximate surface area is 193 Å². The van der Waals surface area contributed by atoms with Crippen molar-refractivity contribution in [3.63, 3.8) is 0 Å². The number of unbranched alkanes of at least 4 members (excludes halogenated alkanes) is 1. The van der Waals surface area contributed by atoms with Crippen LogP contribution >= 0.6 is 11.8 Å². The Morgan fingerprint density at radius 2 is 1.53 bits per heavy atom. The van der Waals surface area contributed by atoms with E-state index in [-0.39, 0.29) is 18.8 Å². The van der Waals surface area contributed by atoms with Gasteiger partial charge >= 0.3 is 5.97 Å². The standard InChI is InChI=1S/C20H39N5O6S/c1-4-12(2)16(20(30)31)25-19(29)15(8-10-32-3)24-18(28)14(7-5-6-9-21)23-17(27)13(22)11-26/h12-16,26H,4-11,21-22H2,1-3H3,(H,23,27)(H,24,28)(H,25,29)(H,30,31). The number of carboxylic acids is 1. The highest BCUT2D eigenvalue weighted by molar-refractivity contribution is 7.98. The number of carbonyl (C=O) groups excluding carboxylic acids is 3. The highest BCUT2D eigenvalue weighted by Crippen LogP contribution is 2.10. The fourth-order valence-electron chi connectivity index (χ4n) is 2.84. The van der Waals surface area contributed by atoms with Crippen molar-refractivity contribution in [3.8, 4) is 0 Å². The Kier molecular flexibility index (Phi) is 15.7. The lowest BCUT2D eigenvalue weighted by atomic mass is 9.98. The predicted octanol–water partition coefficient (Wildman–Crippen LogP) is -1.23. The second kappa shape index (κ2) is 16.7. The first-order valence-electron chi connectivity index (χ1n) is 10.8. The highest BCUT2D eigenvalue weighted by atomic mass is 32.2. The first-order valence-corrected chi connectivity index (χ1v) is 12.2. The fraction of sp³-hybridized carbons (Fsp3) is 0.800. The van der Waals surface area contributed by atoms with Crippen LogP contribution < -0.4 is 27.4 Å². The number of carbonyl (C=O) groups is 4. The number of thioether (sulfide) groups is 1. The summed E-state index contributed by atoms with van der Waals surface area (Å²) < 4.78 is 0. The third kappa shape index (κ3) is 11.1. The van der Waals surface area contributed by atoms with Crippen molar-refractivity contribution in [3.05, 3.63) is 0 Å². The van der Waals surface area contributed by atoms with E-state index in [4.69, 9.17) is 16.6 Å². The molecular weight excluding hydrogens is 438 g/mol. The topological polar surface area (TPSA) is 197 Å². The molecule has 0 rings (SSSR count). The quantitative estimate of drug-likeness (QED) is 0.125. The molecule has 5 unspecified atom stereocenters. The molecule has 0 saturated carbocycles. The minimum Gasteiger partial charge on any atom is -0.480 e. The van der Waals surface area contributed by atoms with E-state index in [1.807, 2.05) is 13.2 Å². The van der Waals surface area contributed by atoms with Gasteiger partial charge in [0.15, 0.2) is 0 Å². The van der Waals surface area contributed by atoms with Gasteiger partial charge in [0, 0.05) is 0 Å². The molecule has 0 fully saturated rings. The molecule has 0 aliphatic heterocycles. The maximum atomic E-state index is 12.9. The van der Waals surface area contributed by atoms with Crippen molar-refractivity contribution in [2.24, 2.45) is 17.4 Å². The number of nitrogens with one attached hydrogen (secondary N) is 3. The molecule has 12 heteroatoms. The van der Waals surface area contributed by atoms with Gasteiger partial charge in [0.2, 0.25) is 17.7 Å². The molecule has 0 aromatic heterocycles. The maximum Gasteiger partial charge on any atom is 0.326 e. The van der Waals surface area contributed by atoms with Gasteiger partial charge in [-0.1, -0.05) is 20.3 Å². The van der Waals surface area contributed by atoms with Crippen LogP contribution in [0.2, 0.25) is 0 Å². The Morgan fingerprint density at radius 1 is 0.969 bits per heavy atom. The van der Waals surface area contributed by atoms with Crippen LogP contribution in [0.1, 0.15) is 46.0 Å². The molecule has 9 N–H and O–H groups in total. The normalized spacial score (nSPS) is 15.7. The number of hydrogen-bond acceptors (Lipinski definition) is 8. The summed E-state index contributed by atoms with van der Waals surface area (Å²) in [6.07, 6.45) is 4.15. The number of amides is 3. The molecule has 0 aromatic carbocycles. The Hall–Kier alpha value is -1.89. The van der Waals surface area contributed by atoms with Gasteiger partial charge in [0.1, 0.15) is 24.2 Å². The molecule has 0 aliphatic rings. The molecule has 0 heterocycles. The average molecular weight is 478 g/mol. The van der Waals surface area contributed by atoms with Crippen LogP contribution in [0.5, 0.6) is 0 Å². The summed E-state index contributed by atoms with van der Waals surface area (Å²) in [7, 11) is 0. The molecule has 0 radical (unpaired) electrons. The van der Waals surface area contributed by atoms with E-state index in [2.05, 4.69) is 16.0 Å². The molecule has 3 amide bonds. The first kappa shape index (κ1) is 30.1. The van der Waals surface area contributed by atoms with Gasteiger partial charge < -0.3 is 37.6 Å². The molecule has 0 saturated heterocycles. The zero-order valence-electron chi connectivity index (χ0n) is 19.1. The van der Waals surface area contributed by atoms with Crippen molar-refractivity contribution in [2.45, 2.75) is 70.1 Å². The summed E-state index contributed by atoms with van der Waals surface area (Å²) in [6.45, 7) is 3.39. The second-order valence-corrected chi connectivity index (χ2v) is 8.67. The minimum atomic E-state index is -1.18. The molecule has 5 atom stereocenters. The van der Waals surface area contributed by atoms with Crippen LogP contribution in [0, 0.1) is 5.92 Å². The number of hydrogen-bond donors (Lipinski definition) is 7. The van der Waals surface area contributed by atoms with Gasteiger partial charge in [-0.3, -0.25) is 14.4 Å². The molecule has 32 heavy (non-hydrogen) atoms. The van der Waals surface area contributed by atoms with E-state index in [1.54, 1.807) is 6.92 Å². The third-order valence-electron chi connectivity index (χ3n) is 5.13. The second-order valence-electron chi connectivity index (χ2n) is 7.69. The van der Waals surface area contributed by atoms with E-state index in [0.29, 0.717) is 31.6 Å². The third-order valence-corrected chi connectivity index (χ3v) is 5.78. The summed E-state index contributed by atoms with van der Waals surface area (Å²) in [6, 6.07) is -4.20. The number of aliphatic hydroxyl groups is 1. The van der Waals surface area contributed by atoms with E-state index in [9.17, 15) is 24.3 Å². The number of rotatable bonds is 17. The zero-order chi connectivity index (χ0) is 24.7. The van der Waals surface area contributed by atoms with Crippen molar-refractivity contribution in [1.29, 1.82) is 0 Å². The van der Waals surface area contributed by atoms with Crippen molar-refractivity contribution < 1.29 is 29.4 Å². The molecule has 0 aromatic rings. The fourth-order valence-corrected chi connectivity index (χ4v) is 3.31. The summed E-state index contributed by atoms with van der Waals surface area (Å²) in [5.74, 6) is -2.76. The summed E-state index contributed by atoms with van der Waals surface area (Å²) in [5.41, 5.74) is 11.0. The van der Waals surface area contributed by atoms with Gasteiger partial charge in [-0.15, -0.1) is 0 Å². The number of nitrogens with two attached hydrogens (primary N) is 2. The lowest BCUT2D eigenvalue weighted by Crippen LogP contribution is -2.58. The molecule has 0 spiro atoms. The lowest BCUT2D eigenvalue weighted by molar-refractivity contribution is -0.143. The monoisotopic (exact) mass is 477 g/mol. The van der Waals surface area contributed by atoms with Crippen molar-refractivity contribution >= 4 is 35.5 Å². The van der Waals surface area contributed by atoms with Crippen LogP contribution in [0.15, 0.2) is 0 Å². The largest absolute Gasteiger partial charge is 0.480 e. The average Bonchev–Trinajstić information content (AvgIpc) is 2.77. The van der Waals surface area contributed by atoms with Gasteiger partial charge in [0.05, 0.1) is 6.61 Å². The summed E-state index contributed by atoms with van der Waals surface area (Å²) in [5, 5.41) is 26.2. The number of aliphatic hydroxyl groups excluding tert-OH is 1. The Balaban J connectivity index is 5.44. The highest BCUT2D eigenvalue weighted by Gasteiger charge is 2.31. The predicted molar refractivity (Wildman–Crippen MR) is 124 cm³/mol. The smallest absolute Gasteiger partial charge is 0.326 e. The van der Waals surface area contributed by atoms with Gasteiger partial charge in [-0.05, 0) is 50.2 Å². The molecular formula is C20H39N5O6S. The molecule has 11 nitrogen and oxygen atoms in total. The van der Waals surface area contributed by atoms with E-state index < -0.39 is 54.5 Å². The van der Waals surface area contributed by atoms with Crippen molar-refractivity contribution in [2.75, 3.05) is 25.2 Å². The van der Waals surface area contributed by atoms with Gasteiger partial charge in [0.25, 0.3) is 0 Å². The van der Waals surface area contributed by atoms with Gasteiger partial charge in [-0.25, -0.2) is 4.79 Å². The number of carboxylic acid groups (broad SMARTS) is 1. The van der Waals surface area contributed by atoms with E-state index in [1.165, 1.54) is 11.8 Å². The van der Waals surface area contributed by atoms with Crippen LogP contribution in [-0.4, -0.2) is 83.2 Å². The first-order chi connectivity index (χ1) is 15.1. The molecule has 186 valence electrons. The summed E-state index contributed by atoms with van der Waals surface area (Å²) in [4.78, 5) is 49.4. The lowest BCUT2D eigenvalue weighted by Gasteiger charge is -2.26. The molecule has 0 bridgehead atoms.